The average molecular weight is 540 g/mol. The van der Waals surface area contributed by atoms with Gasteiger partial charge in [-0.05, 0) is 105 Å². The molecule has 0 unspecified atom stereocenters. The van der Waals surface area contributed by atoms with E-state index in [-0.39, 0.29) is 0 Å². The second kappa shape index (κ2) is 9.19. The Kier molecular flexibility index (Phi) is 5.26. The Hall–Kier alpha value is -4.62. The summed E-state index contributed by atoms with van der Waals surface area (Å²) in [5, 5.41) is 8.10. The van der Waals surface area contributed by atoms with Crippen molar-refractivity contribution in [3.05, 3.63) is 131 Å². The third kappa shape index (κ3) is 3.50. The zero-order valence-electron chi connectivity index (χ0n) is 24.0. The molecule has 1 heteroatoms. The van der Waals surface area contributed by atoms with Gasteiger partial charge in [0.1, 0.15) is 0 Å². The van der Waals surface area contributed by atoms with Gasteiger partial charge in [-0.25, -0.2) is 0 Å². The third-order valence-corrected chi connectivity index (χ3v) is 9.78. The highest BCUT2D eigenvalue weighted by Gasteiger charge is 2.24. The lowest BCUT2D eigenvalue weighted by Crippen LogP contribution is -2.07. The number of nitrogens with zero attached hydrogens (tertiary/aromatic N) is 1. The first-order chi connectivity index (χ1) is 20.7. The largest absolute Gasteiger partial charge is 0.317 e. The van der Waals surface area contributed by atoms with Crippen molar-refractivity contribution in [2.45, 2.75) is 39.0 Å². The first-order valence-corrected chi connectivity index (χ1v) is 15.5. The summed E-state index contributed by atoms with van der Waals surface area (Å²) in [5.41, 5.74) is 12.4. The maximum Gasteiger partial charge on any atom is 0.0461 e. The van der Waals surface area contributed by atoms with Gasteiger partial charge in [-0.2, -0.15) is 0 Å². The summed E-state index contributed by atoms with van der Waals surface area (Å²) in [4.78, 5) is 0. The summed E-state index contributed by atoms with van der Waals surface area (Å²) >= 11 is 0. The molecule has 1 atom stereocenters. The molecule has 1 heterocycles. The van der Waals surface area contributed by atoms with Crippen molar-refractivity contribution >= 4 is 50.0 Å². The molecule has 0 fully saturated rings. The van der Waals surface area contributed by atoms with Crippen molar-refractivity contribution in [3.63, 3.8) is 0 Å². The Labute approximate surface area is 247 Å². The molecule has 3 aliphatic rings. The molecule has 3 aliphatic carbocycles. The zero-order valence-corrected chi connectivity index (χ0v) is 24.0. The van der Waals surface area contributed by atoms with E-state index >= 15 is 0 Å². The van der Waals surface area contributed by atoms with Crippen LogP contribution in [0.25, 0.3) is 66.9 Å². The summed E-state index contributed by atoms with van der Waals surface area (Å²) < 4.78 is 2.58. The first-order valence-electron chi connectivity index (χ1n) is 15.5. The van der Waals surface area contributed by atoms with Gasteiger partial charge in [0.15, 0.2) is 0 Å². The zero-order chi connectivity index (χ0) is 27.8. The molecular formula is C41H33N. The normalized spacial score (nSPS) is 17.7. The molecule has 0 saturated carbocycles. The molecule has 1 aromatic heterocycles. The fourth-order valence-electron chi connectivity index (χ4n) is 7.87. The number of hydrogen-bond donors (Lipinski definition) is 0. The predicted molar refractivity (Wildman–Crippen MR) is 181 cm³/mol. The number of hydrogen-bond acceptors (Lipinski definition) is 0. The van der Waals surface area contributed by atoms with Crippen LogP contribution in [0.2, 0.25) is 0 Å². The Morgan fingerprint density at radius 3 is 1.98 bits per heavy atom. The first kappa shape index (κ1) is 24.0. The maximum atomic E-state index is 2.58. The van der Waals surface area contributed by atoms with Gasteiger partial charge in [0, 0.05) is 28.2 Å². The highest BCUT2D eigenvalue weighted by Crippen LogP contribution is 2.43. The van der Waals surface area contributed by atoms with E-state index in [0.29, 0.717) is 5.92 Å². The molecule has 0 spiro atoms. The van der Waals surface area contributed by atoms with Gasteiger partial charge in [-0.1, -0.05) is 110 Å². The van der Waals surface area contributed by atoms with Crippen LogP contribution in [0.4, 0.5) is 0 Å². The molecular weight excluding hydrogens is 506 g/mol. The SMILES string of the molecule is C[C@@H]1C=C(c2ccc3ccc4c(-c5cccc(-n6c7c(c8c6CCC=C8)C=CCC7)c5)ccc5ccc2c3c54)C=CC1. The minimum atomic E-state index is 0.575. The molecule has 42 heavy (non-hydrogen) atoms. The molecule has 0 bridgehead atoms. The van der Waals surface area contributed by atoms with Crippen LogP contribution < -0.4 is 0 Å². The molecule has 9 rings (SSSR count). The van der Waals surface area contributed by atoms with E-state index in [0.717, 1.165) is 32.1 Å². The van der Waals surface area contributed by atoms with Crippen LogP contribution in [0.3, 0.4) is 0 Å². The monoisotopic (exact) mass is 539 g/mol. The van der Waals surface area contributed by atoms with Crippen LogP contribution in [0.1, 0.15) is 54.3 Å². The summed E-state index contributed by atoms with van der Waals surface area (Å²) in [6.07, 6.45) is 22.0. The van der Waals surface area contributed by atoms with Crippen molar-refractivity contribution in [2.75, 3.05) is 0 Å². The van der Waals surface area contributed by atoms with Crippen LogP contribution >= 0.6 is 0 Å². The van der Waals surface area contributed by atoms with Crippen molar-refractivity contribution < 1.29 is 0 Å². The van der Waals surface area contributed by atoms with Crippen molar-refractivity contribution in [2.24, 2.45) is 5.92 Å². The van der Waals surface area contributed by atoms with E-state index in [4.69, 9.17) is 0 Å². The summed E-state index contributed by atoms with van der Waals surface area (Å²) in [7, 11) is 0. The highest BCUT2D eigenvalue weighted by atomic mass is 15.0. The summed E-state index contributed by atoms with van der Waals surface area (Å²) in [6, 6.07) is 27.9. The Balaban J connectivity index is 1.25. The lowest BCUT2D eigenvalue weighted by Gasteiger charge is -2.19. The number of rotatable bonds is 3. The molecule has 0 aliphatic heterocycles. The number of fused-ring (bicyclic) bond motifs is 3. The average Bonchev–Trinajstić information content (AvgIpc) is 3.38. The molecule has 0 amide bonds. The summed E-state index contributed by atoms with van der Waals surface area (Å²) in [6.45, 7) is 2.31. The molecule has 0 radical (unpaired) electrons. The lowest BCUT2D eigenvalue weighted by molar-refractivity contribution is 0.740. The number of allylic oxidation sites excluding steroid dienone is 6. The van der Waals surface area contributed by atoms with Crippen molar-refractivity contribution in [1.29, 1.82) is 0 Å². The number of aromatic nitrogens is 1. The minimum Gasteiger partial charge on any atom is -0.317 e. The third-order valence-electron chi connectivity index (χ3n) is 9.78. The standard InChI is InChI=1S/C41H33N/c1-26-8-6-9-29(24-26)32-20-16-27-19-23-37-33(21-17-28-18-22-36(32)40(27)41(28)37)30-10-7-11-31(25-30)42-38-14-4-2-12-34(38)35-13-3-5-15-39(35)42/h2-3,6-7,9-13,16-26H,4-5,8,14-15H2,1H3/t26-/m0/s1. The second-order valence-electron chi connectivity index (χ2n) is 12.4. The van der Waals surface area contributed by atoms with Crippen LogP contribution in [-0.2, 0) is 12.8 Å². The van der Waals surface area contributed by atoms with Gasteiger partial charge in [-0.15, -0.1) is 0 Å². The van der Waals surface area contributed by atoms with Gasteiger partial charge in [0.25, 0.3) is 0 Å². The van der Waals surface area contributed by atoms with Gasteiger partial charge in [0.2, 0.25) is 0 Å². The highest BCUT2D eigenvalue weighted by molar-refractivity contribution is 6.27. The quantitative estimate of drug-likeness (QED) is 0.197. The predicted octanol–water partition coefficient (Wildman–Crippen LogP) is 10.9. The smallest absolute Gasteiger partial charge is 0.0461 e. The summed E-state index contributed by atoms with van der Waals surface area (Å²) in [5.74, 6) is 0.575. The van der Waals surface area contributed by atoms with Gasteiger partial charge >= 0.3 is 0 Å². The Morgan fingerprint density at radius 2 is 1.29 bits per heavy atom. The van der Waals surface area contributed by atoms with Gasteiger partial charge in [0.05, 0.1) is 0 Å². The topological polar surface area (TPSA) is 4.93 Å². The van der Waals surface area contributed by atoms with Crippen LogP contribution in [0, 0.1) is 5.92 Å². The fraction of sp³-hybridized carbons (Fsp3) is 0.171. The van der Waals surface area contributed by atoms with E-state index < -0.39 is 0 Å². The van der Waals surface area contributed by atoms with Crippen molar-refractivity contribution in [1.82, 2.24) is 4.57 Å². The van der Waals surface area contributed by atoms with E-state index in [2.05, 4.69) is 127 Å². The van der Waals surface area contributed by atoms with Crippen LogP contribution in [0.15, 0.2) is 103 Å². The van der Waals surface area contributed by atoms with Crippen LogP contribution in [0.5, 0.6) is 0 Å². The Morgan fingerprint density at radius 1 is 0.643 bits per heavy atom. The van der Waals surface area contributed by atoms with E-state index in [1.54, 1.807) is 0 Å². The van der Waals surface area contributed by atoms with E-state index in [1.807, 2.05) is 0 Å². The van der Waals surface area contributed by atoms with Crippen molar-refractivity contribution in [3.8, 4) is 16.8 Å². The molecule has 202 valence electrons. The maximum absolute atomic E-state index is 2.58. The van der Waals surface area contributed by atoms with E-state index in [1.165, 1.54) is 82.8 Å². The number of benzene rings is 5. The molecule has 0 N–H and O–H groups in total. The Bertz CT molecular complexity index is 2140. The van der Waals surface area contributed by atoms with Gasteiger partial charge in [-0.3, -0.25) is 0 Å². The molecule has 5 aromatic carbocycles. The molecule has 0 saturated heterocycles. The van der Waals surface area contributed by atoms with Gasteiger partial charge < -0.3 is 4.57 Å². The second-order valence-corrected chi connectivity index (χ2v) is 12.4. The van der Waals surface area contributed by atoms with Crippen LogP contribution in [-0.4, -0.2) is 4.57 Å². The lowest BCUT2D eigenvalue weighted by atomic mass is 9.85. The molecule has 6 aromatic rings. The minimum absolute atomic E-state index is 0.575. The van der Waals surface area contributed by atoms with E-state index in [9.17, 15) is 0 Å². The fourth-order valence-corrected chi connectivity index (χ4v) is 7.87. The molecule has 1 nitrogen and oxygen atoms in total.